The first kappa shape index (κ1) is 14.9. The van der Waals surface area contributed by atoms with Crippen molar-refractivity contribution in [2.24, 2.45) is 4.99 Å². The molecule has 0 saturated heterocycles. The van der Waals surface area contributed by atoms with E-state index in [9.17, 15) is 0 Å². The van der Waals surface area contributed by atoms with Crippen LogP contribution in [-0.4, -0.2) is 16.2 Å². The van der Waals surface area contributed by atoms with Crippen LogP contribution in [0.25, 0.3) is 21.8 Å². The zero-order chi connectivity index (χ0) is 17.7. The zero-order valence-corrected chi connectivity index (χ0v) is 14.5. The van der Waals surface area contributed by atoms with Gasteiger partial charge in [-0.3, -0.25) is 5.41 Å². The van der Waals surface area contributed by atoms with Gasteiger partial charge in [0.15, 0.2) is 0 Å². The summed E-state index contributed by atoms with van der Waals surface area (Å²) >= 11 is 0. The maximum atomic E-state index is 8.16. The third kappa shape index (κ3) is 2.02. The molecule has 1 aliphatic heterocycles. The maximum absolute atomic E-state index is 8.16. The Morgan fingerprint density at radius 2 is 1.62 bits per heavy atom. The summed E-state index contributed by atoms with van der Waals surface area (Å²) in [6.07, 6.45) is 0. The molecule has 0 atom stereocenters. The van der Waals surface area contributed by atoms with E-state index in [0.717, 1.165) is 34.7 Å². The van der Waals surface area contributed by atoms with E-state index in [1.807, 2.05) is 30.3 Å². The van der Waals surface area contributed by atoms with E-state index in [2.05, 4.69) is 53.2 Å². The minimum atomic E-state index is 0.405. The Bertz CT molecular complexity index is 1210. The SMILES string of the molecule is CCn1c2ccccc2c2cccc(N=C3NC(=N)c4ccccc43)c21. The summed E-state index contributed by atoms with van der Waals surface area (Å²) in [4.78, 5) is 4.93. The average molecular weight is 338 g/mol. The van der Waals surface area contributed by atoms with Crippen molar-refractivity contribution in [3.8, 4) is 0 Å². The molecule has 4 heteroatoms. The van der Waals surface area contributed by atoms with Crippen LogP contribution in [0.15, 0.2) is 71.7 Å². The van der Waals surface area contributed by atoms with Crippen molar-refractivity contribution < 1.29 is 0 Å². The first-order valence-electron chi connectivity index (χ1n) is 8.82. The number of hydrogen-bond acceptors (Lipinski definition) is 2. The minimum Gasteiger partial charge on any atom is -0.339 e. The van der Waals surface area contributed by atoms with E-state index in [1.165, 1.54) is 16.3 Å². The van der Waals surface area contributed by atoms with Crippen LogP contribution in [0.5, 0.6) is 0 Å². The molecule has 0 aliphatic carbocycles. The molecule has 26 heavy (non-hydrogen) atoms. The van der Waals surface area contributed by atoms with Crippen LogP contribution in [-0.2, 0) is 6.54 Å². The van der Waals surface area contributed by atoms with Gasteiger partial charge in [-0.15, -0.1) is 0 Å². The number of nitrogens with one attached hydrogen (secondary N) is 2. The molecule has 2 N–H and O–H groups in total. The van der Waals surface area contributed by atoms with Gasteiger partial charge in [0.1, 0.15) is 11.7 Å². The number of nitrogens with zero attached hydrogens (tertiary/aromatic N) is 2. The second-order valence-corrected chi connectivity index (χ2v) is 6.44. The standard InChI is InChI=1S/C22H18N4/c1-2-26-19-13-6-5-8-14(19)15-11-7-12-18(20(15)26)24-22-17-10-4-3-9-16(17)21(23)25-22/h3-13H,2H2,1H3,(H2,23,24,25). The van der Waals surface area contributed by atoms with Crippen molar-refractivity contribution in [3.05, 3.63) is 77.9 Å². The fourth-order valence-electron chi connectivity index (χ4n) is 3.88. The van der Waals surface area contributed by atoms with Crippen LogP contribution in [0.3, 0.4) is 0 Å². The quantitative estimate of drug-likeness (QED) is 0.541. The number of benzene rings is 3. The predicted molar refractivity (Wildman–Crippen MR) is 108 cm³/mol. The molecule has 0 unspecified atom stereocenters. The van der Waals surface area contributed by atoms with E-state index in [4.69, 9.17) is 10.4 Å². The topological polar surface area (TPSA) is 53.2 Å². The molecule has 4 aromatic rings. The van der Waals surface area contributed by atoms with Crippen molar-refractivity contribution in [3.63, 3.8) is 0 Å². The first-order valence-corrected chi connectivity index (χ1v) is 8.82. The largest absolute Gasteiger partial charge is 0.339 e. The number of para-hydroxylation sites is 2. The highest BCUT2D eigenvalue weighted by Crippen LogP contribution is 2.35. The molecular weight excluding hydrogens is 320 g/mol. The third-order valence-corrected chi connectivity index (χ3v) is 5.01. The van der Waals surface area contributed by atoms with Crippen LogP contribution in [0.4, 0.5) is 5.69 Å². The molecule has 0 radical (unpaired) electrons. The second kappa shape index (κ2) is 5.56. The molecule has 0 spiro atoms. The molecular formula is C22H18N4. The summed E-state index contributed by atoms with van der Waals surface area (Å²) in [6.45, 7) is 3.04. The van der Waals surface area contributed by atoms with Crippen molar-refractivity contribution >= 4 is 39.2 Å². The number of hydrogen-bond donors (Lipinski definition) is 2. The Morgan fingerprint density at radius 3 is 2.46 bits per heavy atom. The molecule has 0 bridgehead atoms. The average Bonchev–Trinajstić information content (AvgIpc) is 3.18. The number of aryl methyl sites for hydroxylation is 1. The van der Waals surface area contributed by atoms with Crippen LogP contribution in [0, 0.1) is 5.41 Å². The normalized spacial score (nSPS) is 15.0. The van der Waals surface area contributed by atoms with Crippen molar-refractivity contribution in [2.45, 2.75) is 13.5 Å². The Kier molecular flexibility index (Phi) is 3.19. The van der Waals surface area contributed by atoms with Gasteiger partial charge < -0.3 is 9.88 Å². The summed E-state index contributed by atoms with van der Waals surface area (Å²) in [5.41, 5.74) is 5.17. The Morgan fingerprint density at radius 1 is 0.885 bits per heavy atom. The highest BCUT2D eigenvalue weighted by molar-refractivity contribution is 6.25. The highest BCUT2D eigenvalue weighted by Gasteiger charge is 2.22. The van der Waals surface area contributed by atoms with E-state index in [0.29, 0.717) is 5.84 Å². The molecule has 0 amide bonds. The third-order valence-electron chi connectivity index (χ3n) is 5.01. The number of aromatic nitrogens is 1. The van der Waals surface area contributed by atoms with Gasteiger partial charge in [-0.2, -0.15) is 0 Å². The number of amidine groups is 2. The molecule has 5 rings (SSSR count). The van der Waals surface area contributed by atoms with Crippen molar-refractivity contribution in [2.75, 3.05) is 0 Å². The Balaban J connectivity index is 1.80. The lowest BCUT2D eigenvalue weighted by Gasteiger charge is -2.07. The Labute approximate surface area is 151 Å². The molecule has 1 aromatic heterocycles. The van der Waals surface area contributed by atoms with Gasteiger partial charge in [0.2, 0.25) is 0 Å². The molecule has 1 aliphatic rings. The monoisotopic (exact) mass is 338 g/mol. The van der Waals surface area contributed by atoms with Crippen LogP contribution < -0.4 is 5.32 Å². The predicted octanol–water partition coefficient (Wildman–Crippen LogP) is 4.82. The smallest absolute Gasteiger partial charge is 0.140 e. The fourth-order valence-corrected chi connectivity index (χ4v) is 3.88. The summed E-state index contributed by atoms with van der Waals surface area (Å²) < 4.78 is 2.32. The summed E-state index contributed by atoms with van der Waals surface area (Å²) in [6, 6.07) is 22.7. The lowest BCUT2D eigenvalue weighted by Crippen LogP contribution is -2.21. The zero-order valence-electron chi connectivity index (χ0n) is 14.5. The molecule has 126 valence electrons. The van der Waals surface area contributed by atoms with E-state index in [-0.39, 0.29) is 0 Å². The molecule has 0 saturated carbocycles. The van der Waals surface area contributed by atoms with Crippen molar-refractivity contribution in [1.29, 1.82) is 5.41 Å². The van der Waals surface area contributed by atoms with E-state index < -0.39 is 0 Å². The number of fused-ring (bicyclic) bond motifs is 4. The molecule has 4 nitrogen and oxygen atoms in total. The second-order valence-electron chi connectivity index (χ2n) is 6.44. The minimum absolute atomic E-state index is 0.405. The lowest BCUT2D eigenvalue weighted by molar-refractivity contribution is 0.827. The van der Waals surface area contributed by atoms with Crippen LogP contribution in [0.1, 0.15) is 18.1 Å². The highest BCUT2D eigenvalue weighted by atomic mass is 15.1. The van der Waals surface area contributed by atoms with E-state index >= 15 is 0 Å². The van der Waals surface area contributed by atoms with Crippen LogP contribution >= 0.6 is 0 Å². The van der Waals surface area contributed by atoms with Gasteiger partial charge in [-0.1, -0.05) is 54.6 Å². The first-order chi connectivity index (χ1) is 12.8. The van der Waals surface area contributed by atoms with Crippen molar-refractivity contribution in [1.82, 2.24) is 9.88 Å². The summed E-state index contributed by atoms with van der Waals surface area (Å²) in [5, 5.41) is 13.7. The molecule has 3 aromatic carbocycles. The number of aliphatic imine (C=N–C) groups is 1. The Hall–Kier alpha value is -3.40. The summed E-state index contributed by atoms with van der Waals surface area (Å²) in [5.74, 6) is 1.15. The van der Waals surface area contributed by atoms with Gasteiger partial charge in [-0.05, 0) is 19.1 Å². The van der Waals surface area contributed by atoms with Gasteiger partial charge >= 0.3 is 0 Å². The van der Waals surface area contributed by atoms with Gasteiger partial charge in [0.05, 0.1) is 11.2 Å². The maximum Gasteiger partial charge on any atom is 0.140 e. The van der Waals surface area contributed by atoms with E-state index in [1.54, 1.807) is 0 Å². The van der Waals surface area contributed by atoms with Crippen LogP contribution in [0.2, 0.25) is 0 Å². The molecule has 0 fully saturated rings. The van der Waals surface area contributed by atoms with Gasteiger partial charge in [-0.25, -0.2) is 4.99 Å². The molecule has 2 heterocycles. The fraction of sp³-hybridized carbons (Fsp3) is 0.0909. The van der Waals surface area contributed by atoms with Gasteiger partial charge in [0, 0.05) is 34.0 Å². The summed E-state index contributed by atoms with van der Waals surface area (Å²) in [7, 11) is 0. The lowest BCUT2D eigenvalue weighted by atomic mass is 10.1. The number of rotatable bonds is 2. The van der Waals surface area contributed by atoms with Gasteiger partial charge in [0.25, 0.3) is 0 Å².